The van der Waals surface area contributed by atoms with Gasteiger partial charge in [0, 0.05) is 18.4 Å². The minimum Gasteiger partial charge on any atom is -0.388 e. The van der Waals surface area contributed by atoms with Crippen molar-refractivity contribution in [3.05, 3.63) is 52.5 Å². The van der Waals surface area contributed by atoms with Gasteiger partial charge in [-0.1, -0.05) is 29.3 Å². The van der Waals surface area contributed by atoms with Gasteiger partial charge in [-0.2, -0.15) is 0 Å². The lowest BCUT2D eigenvalue weighted by atomic mass is 10.3. The standard InChI is InChI=1S/C13H12Cl2N2O2S/c1-16-9-5-7-10(8-6-9)17-20(18,19)13-11(14)3-2-4-12(13)15/h2-8,16-17H,1H3. The molecular formula is C13H12Cl2N2O2S. The lowest BCUT2D eigenvalue weighted by Crippen LogP contribution is -2.14. The molecule has 0 radical (unpaired) electrons. The van der Waals surface area contributed by atoms with Crippen molar-refractivity contribution in [2.45, 2.75) is 4.90 Å². The Morgan fingerprint density at radius 2 is 1.40 bits per heavy atom. The Bertz CT molecular complexity index is 695. The first-order valence-corrected chi connectivity index (χ1v) is 7.92. The molecule has 20 heavy (non-hydrogen) atoms. The van der Waals surface area contributed by atoms with E-state index in [0.29, 0.717) is 5.69 Å². The van der Waals surface area contributed by atoms with E-state index < -0.39 is 10.0 Å². The molecule has 106 valence electrons. The van der Waals surface area contributed by atoms with Crippen LogP contribution in [0.3, 0.4) is 0 Å². The zero-order valence-corrected chi connectivity index (χ0v) is 12.9. The van der Waals surface area contributed by atoms with Gasteiger partial charge in [0.15, 0.2) is 0 Å². The van der Waals surface area contributed by atoms with Crippen molar-refractivity contribution < 1.29 is 8.42 Å². The molecule has 4 nitrogen and oxygen atoms in total. The van der Waals surface area contributed by atoms with Crippen LogP contribution in [0.5, 0.6) is 0 Å². The fourth-order valence-electron chi connectivity index (χ4n) is 1.65. The molecule has 2 aromatic carbocycles. The monoisotopic (exact) mass is 330 g/mol. The Hall–Kier alpha value is -1.43. The molecule has 2 aromatic rings. The summed E-state index contributed by atoms with van der Waals surface area (Å²) in [7, 11) is -2.05. The quantitative estimate of drug-likeness (QED) is 0.895. The fraction of sp³-hybridized carbons (Fsp3) is 0.0769. The molecule has 0 aromatic heterocycles. The van der Waals surface area contributed by atoms with Gasteiger partial charge < -0.3 is 5.32 Å². The number of rotatable bonds is 4. The van der Waals surface area contributed by atoms with Crippen LogP contribution in [0.1, 0.15) is 0 Å². The van der Waals surface area contributed by atoms with Crippen LogP contribution in [0.15, 0.2) is 47.4 Å². The molecule has 7 heteroatoms. The number of benzene rings is 2. The third kappa shape index (κ3) is 3.17. The zero-order valence-electron chi connectivity index (χ0n) is 10.5. The summed E-state index contributed by atoms with van der Waals surface area (Å²) in [6, 6.07) is 11.4. The Balaban J connectivity index is 2.35. The lowest BCUT2D eigenvalue weighted by Gasteiger charge is -2.11. The molecule has 0 heterocycles. The molecular weight excluding hydrogens is 319 g/mol. The average Bonchev–Trinajstić information content (AvgIpc) is 2.38. The van der Waals surface area contributed by atoms with Gasteiger partial charge in [0.1, 0.15) is 4.90 Å². The van der Waals surface area contributed by atoms with Crippen LogP contribution in [0.4, 0.5) is 11.4 Å². The molecule has 2 N–H and O–H groups in total. The highest BCUT2D eigenvalue weighted by Crippen LogP contribution is 2.30. The number of halogens is 2. The van der Waals surface area contributed by atoms with Crippen molar-refractivity contribution in [1.82, 2.24) is 0 Å². The Morgan fingerprint density at radius 3 is 1.90 bits per heavy atom. The number of nitrogens with one attached hydrogen (secondary N) is 2. The topological polar surface area (TPSA) is 58.2 Å². The van der Waals surface area contributed by atoms with E-state index in [2.05, 4.69) is 10.0 Å². The fourth-order valence-corrected chi connectivity index (χ4v) is 3.86. The Kier molecular flexibility index (Phi) is 4.42. The maximum absolute atomic E-state index is 12.3. The van der Waals surface area contributed by atoms with Gasteiger partial charge in [0.05, 0.1) is 10.0 Å². The highest BCUT2D eigenvalue weighted by molar-refractivity contribution is 7.93. The molecule has 0 amide bonds. The molecule has 0 spiro atoms. The SMILES string of the molecule is CNc1ccc(NS(=O)(=O)c2c(Cl)cccc2Cl)cc1. The van der Waals surface area contributed by atoms with Crippen molar-refractivity contribution in [1.29, 1.82) is 0 Å². The lowest BCUT2D eigenvalue weighted by molar-refractivity contribution is 0.601. The summed E-state index contributed by atoms with van der Waals surface area (Å²) >= 11 is 11.8. The van der Waals surface area contributed by atoms with Crippen LogP contribution in [0.25, 0.3) is 0 Å². The van der Waals surface area contributed by atoms with Crippen LogP contribution in [-0.2, 0) is 10.0 Å². The summed E-state index contributed by atoms with van der Waals surface area (Å²) in [6.07, 6.45) is 0. The number of sulfonamides is 1. The second kappa shape index (κ2) is 5.91. The van der Waals surface area contributed by atoms with Gasteiger partial charge in [-0.15, -0.1) is 0 Å². The van der Waals surface area contributed by atoms with Crippen LogP contribution in [0, 0.1) is 0 Å². The average molecular weight is 331 g/mol. The Morgan fingerprint density at radius 1 is 0.900 bits per heavy atom. The summed E-state index contributed by atoms with van der Waals surface area (Å²) in [5, 5.41) is 3.11. The third-order valence-electron chi connectivity index (χ3n) is 2.61. The van der Waals surface area contributed by atoms with Crippen molar-refractivity contribution in [3.8, 4) is 0 Å². The smallest absolute Gasteiger partial charge is 0.264 e. The molecule has 0 saturated heterocycles. The van der Waals surface area contributed by atoms with Crippen LogP contribution >= 0.6 is 23.2 Å². The first-order valence-electron chi connectivity index (χ1n) is 5.68. The van der Waals surface area contributed by atoms with Crippen molar-refractivity contribution in [2.75, 3.05) is 17.1 Å². The summed E-state index contributed by atoms with van der Waals surface area (Å²) in [5.74, 6) is 0. The molecule has 0 aliphatic rings. The zero-order chi connectivity index (χ0) is 14.8. The van der Waals surface area contributed by atoms with Crippen molar-refractivity contribution in [3.63, 3.8) is 0 Å². The van der Waals surface area contributed by atoms with E-state index in [0.717, 1.165) is 5.69 Å². The molecule has 0 bridgehead atoms. The largest absolute Gasteiger partial charge is 0.388 e. The van der Waals surface area contributed by atoms with E-state index in [1.165, 1.54) is 12.1 Å². The maximum atomic E-state index is 12.3. The maximum Gasteiger partial charge on any atom is 0.264 e. The predicted molar refractivity (Wildman–Crippen MR) is 83.3 cm³/mol. The van der Waals surface area contributed by atoms with Crippen LogP contribution in [-0.4, -0.2) is 15.5 Å². The van der Waals surface area contributed by atoms with Gasteiger partial charge >= 0.3 is 0 Å². The second-order valence-corrected chi connectivity index (χ2v) is 6.42. The van der Waals surface area contributed by atoms with Crippen molar-refractivity contribution >= 4 is 44.6 Å². The van der Waals surface area contributed by atoms with Gasteiger partial charge in [0.2, 0.25) is 0 Å². The molecule has 2 rings (SSSR count). The first kappa shape index (κ1) is 15.0. The summed E-state index contributed by atoms with van der Waals surface area (Å²) in [4.78, 5) is -0.124. The third-order valence-corrected chi connectivity index (χ3v) is 4.95. The summed E-state index contributed by atoms with van der Waals surface area (Å²) < 4.78 is 27.0. The molecule has 0 fully saturated rings. The van der Waals surface area contributed by atoms with E-state index in [4.69, 9.17) is 23.2 Å². The van der Waals surface area contributed by atoms with Gasteiger partial charge in [0.25, 0.3) is 10.0 Å². The number of anilines is 2. The molecule has 0 unspecified atom stereocenters. The summed E-state index contributed by atoms with van der Waals surface area (Å²) in [6.45, 7) is 0. The molecule has 0 aliphatic heterocycles. The Labute approximate surface area is 127 Å². The van der Waals surface area contributed by atoms with E-state index in [1.807, 2.05) is 0 Å². The number of hydrogen-bond donors (Lipinski definition) is 2. The van der Waals surface area contributed by atoms with Gasteiger partial charge in [-0.3, -0.25) is 4.72 Å². The van der Waals surface area contributed by atoms with E-state index in [9.17, 15) is 8.42 Å². The first-order chi connectivity index (χ1) is 9.44. The predicted octanol–water partition coefficient (Wildman–Crippen LogP) is 3.84. The molecule has 0 saturated carbocycles. The molecule has 0 atom stereocenters. The van der Waals surface area contributed by atoms with Crippen molar-refractivity contribution in [2.24, 2.45) is 0 Å². The second-order valence-electron chi connectivity index (χ2n) is 3.98. The van der Waals surface area contributed by atoms with E-state index in [1.54, 1.807) is 37.4 Å². The van der Waals surface area contributed by atoms with Crippen LogP contribution < -0.4 is 10.0 Å². The minimum absolute atomic E-state index is 0.0804. The normalized spacial score (nSPS) is 11.2. The van der Waals surface area contributed by atoms with Gasteiger partial charge in [-0.05, 0) is 36.4 Å². The van der Waals surface area contributed by atoms with Gasteiger partial charge in [-0.25, -0.2) is 8.42 Å². The highest BCUT2D eigenvalue weighted by atomic mass is 35.5. The highest BCUT2D eigenvalue weighted by Gasteiger charge is 2.21. The van der Waals surface area contributed by atoms with E-state index in [-0.39, 0.29) is 14.9 Å². The van der Waals surface area contributed by atoms with Crippen LogP contribution in [0.2, 0.25) is 10.0 Å². The molecule has 0 aliphatic carbocycles. The minimum atomic E-state index is -3.83. The summed E-state index contributed by atoms with van der Waals surface area (Å²) in [5.41, 5.74) is 1.31. The number of hydrogen-bond acceptors (Lipinski definition) is 3. The van der Waals surface area contributed by atoms with E-state index >= 15 is 0 Å².